The van der Waals surface area contributed by atoms with E-state index in [4.69, 9.17) is 4.74 Å². The summed E-state index contributed by atoms with van der Waals surface area (Å²) in [5.74, 6) is 0.301. The highest BCUT2D eigenvalue weighted by Gasteiger charge is 2.38. The van der Waals surface area contributed by atoms with Crippen LogP contribution in [0.25, 0.3) is 0 Å². The van der Waals surface area contributed by atoms with Gasteiger partial charge in [0.25, 0.3) is 0 Å². The van der Waals surface area contributed by atoms with Crippen LogP contribution in [0.2, 0.25) is 0 Å². The summed E-state index contributed by atoms with van der Waals surface area (Å²) in [5, 5.41) is 0. The molecule has 1 saturated heterocycles. The molecule has 1 heterocycles. The molecule has 1 aliphatic heterocycles. The monoisotopic (exact) mass is 393 g/mol. The Balaban J connectivity index is 0.00000261. The van der Waals surface area contributed by atoms with Crippen LogP contribution in [0.4, 0.5) is 0 Å². The van der Waals surface area contributed by atoms with Crippen LogP contribution >= 0.6 is 12.4 Å². The first-order chi connectivity index (χ1) is 12.2. The molecule has 0 unspecified atom stereocenters. The van der Waals surface area contributed by atoms with Crippen molar-refractivity contribution in [3.63, 3.8) is 0 Å². The van der Waals surface area contributed by atoms with Crippen LogP contribution in [-0.4, -0.2) is 43.5 Å². The Labute approximate surface area is 171 Å². The van der Waals surface area contributed by atoms with Gasteiger partial charge in [-0.05, 0) is 52.8 Å². The van der Waals surface area contributed by atoms with Gasteiger partial charge in [-0.15, -0.1) is 12.4 Å². The molecule has 0 aromatic heterocycles. The first-order valence-corrected chi connectivity index (χ1v) is 10.3. The summed E-state index contributed by atoms with van der Waals surface area (Å²) in [6.45, 7) is 15.8. The molecule has 0 amide bonds. The number of halogens is 1. The number of ketones is 1. The van der Waals surface area contributed by atoms with Crippen molar-refractivity contribution in [3.8, 4) is 0 Å². The summed E-state index contributed by atoms with van der Waals surface area (Å²) in [4.78, 5) is 15.4. The van der Waals surface area contributed by atoms with Crippen LogP contribution in [0, 0.1) is 0 Å². The van der Waals surface area contributed by atoms with E-state index in [-0.39, 0.29) is 23.2 Å². The third kappa shape index (κ3) is 4.75. The largest absolute Gasteiger partial charge is 0.379 e. The number of carbonyl (C=O) groups is 1. The van der Waals surface area contributed by atoms with Crippen LogP contribution in [0.15, 0.2) is 12.1 Å². The molecule has 152 valence electrons. The number of morpholine rings is 1. The normalized spacial score (nSPS) is 21.2. The highest BCUT2D eigenvalue weighted by atomic mass is 35.5. The molecule has 1 aromatic carbocycles. The van der Waals surface area contributed by atoms with E-state index in [1.54, 1.807) is 0 Å². The summed E-state index contributed by atoms with van der Waals surface area (Å²) < 4.78 is 5.41. The maximum absolute atomic E-state index is 13.1. The summed E-state index contributed by atoms with van der Waals surface area (Å²) in [5.41, 5.74) is 5.38. The van der Waals surface area contributed by atoms with Gasteiger partial charge in [-0.2, -0.15) is 0 Å². The second-order valence-electron chi connectivity index (χ2n) is 9.30. The number of hydrogen-bond donors (Lipinski definition) is 0. The van der Waals surface area contributed by atoms with Gasteiger partial charge in [-0.1, -0.05) is 40.7 Å². The van der Waals surface area contributed by atoms with E-state index in [1.165, 1.54) is 29.5 Å². The SMILES string of the molecule is CCc1cc2c(cc1C(=O)CCN1CCOCC1)C(C)(C)CCC2(C)C.Cl. The highest BCUT2D eigenvalue weighted by Crippen LogP contribution is 2.46. The first-order valence-electron chi connectivity index (χ1n) is 10.3. The number of rotatable bonds is 5. The van der Waals surface area contributed by atoms with Gasteiger partial charge in [-0.3, -0.25) is 9.69 Å². The number of ether oxygens (including phenoxy) is 1. The van der Waals surface area contributed by atoms with Crippen molar-refractivity contribution in [3.05, 3.63) is 34.4 Å². The van der Waals surface area contributed by atoms with Crippen molar-refractivity contribution in [1.82, 2.24) is 4.90 Å². The summed E-state index contributed by atoms with van der Waals surface area (Å²) in [6, 6.07) is 4.59. The molecule has 0 bridgehead atoms. The molecule has 0 N–H and O–H groups in total. The Hall–Kier alpha value is -0.900. The van der Waals surface area contributed by atoms with E-state index in [1.807, 2.05) is 0 Å². The minimum Gasteiger partial charge on any atom is -0.379 e. The topological polar surface area (TPSA) is 29.5 Å². The van der Waals surface area contributed by atoms with Crippen LogP contribution in [-0.2, 0) is 22.0 Å². The zero-order valence-electron chi connectivity index (χ0n) is 17.7. The average molecular weight is 394 g/mol. The molecule has 4 heteroatoms. The number of Topliss-reactive ketones (excluding diaryl/α,β-unsaturated/α-hetero) is 1. The number of carbonyl (C=O) groups excluding carboxylic acids is 1. The Morgan fingerprint density at radius 3 is 2.15 bits per heavy atom. The lowest BCUT2D eigenvalue weighted by Gasteiger charge is -2.42. The average Bonchev–Trinajstić information content (AvgIpc) is 2.63. The van der Waals surface area contributed by atoms with Gasteiger partial charge in [-0.25, -0.2) is 0 Å². The lowest BCUT2D eigenvalue weighted by molar-refractivity contribution is 0.0370. The van der Waals surface area contributed by atoms with Crippen LogP contribution < -0.4 is 0 Å². The minimum absolute atomic E-state index is 0. The number of benzene rings is 1. The van der Waals surface area contributed by atoms with Crippen molar-refractivity contribution >= 4 is 18.2 Å². The molecule has 1 fully saturated rings. The van der Waals surface area contributed by atoms with E-state index in [9.17, 15) is 4.79 Å². The first kappa shape index (κ1) is 22.4. The van der Waals surface area contributed by atoms with Gasteiger partial charge >= 0.3 is 0 Å². The second-order valence-corrected chi connectivity index (χ2v) is 9.30. The Morgan fingerprint density at radius 1 is 1.04 bits per heavy atom. The Bertz CT molecular complexity index is 675. The molecule has 0 atom stereocenters. The molecule has 1 aromatic rings. The van der Waals surface area contributed by atoms with Crippen molar-refractivity contribution in [1.29, 1.82) is 0 Å². The van der Waals surface area contributed by atoms with E-state index in [0.29, 0.717) is 12.2 Å². The third-order valence-electron chi connectivity index (χ3n) is 6.52. The number of nitrogens with zero attached hydrogens (tertiary/aromatic N) is 1. The molecule has 3 nitrogen and oxygen atoms in total. The summed E-state index contributed by atoms with van der Waals surface area (Å²) in [7, 11) is 0. The van der Waals surface area contributed by atoms with Crippen molar-refractivity contribution < 1.29 is 9.53 Å². The zero-order valence-corrected chi connectivity index (χ0v) is 18.5. The molecular weight excluding hydrogens is 358 g/mol. The molecule has 27 heavy (non-hydrogen) atoms. The molecule has 3 rings (SSSR count). The second kappa shape index (κ2) is 8.63. The lowest BCUT2D eigenvalue weighted by atomic mass is 9.62. The van der Waals surface area contributed by atoms with Crippen LogP contribution in [0.3, 0.4) is 0 Å². The maximum Gasteiger partial charge on any atom is 0.164 e. The number of aryl methyl sites for hydroxylation is 1. The molecule has 0 spiro atoms. The lowest BCUT2D eigenvalue weighted by Crippen LogP contribution is -2.37. The molecule has 0 radical (unpaired) electrons. The minimum atomic E-state index is 0. The van der Waals surface area contributed by atoms with Crippen molar-refractivity contribution in [2.75, 3.05) is 32.8 Å². The van der Waals surface area contributed by atoms with Gasteiger partial charge in [0.1, 0.15) is 0 Å². The predicted octanol–water partition coefficient (Wildman–Crippen LogP) is 4.92. The van der Waals surface area contributed by atoms with E-state index < -0.39 is 0 Å². The standard InChI is InChI=1S/C23H35NO2.ClH/c1-6-17-15-19-20(23(4,5)9-8-22(19,2)3)16-18(17)21(25)7-10-24-11-13-26-14-12-24;/h15-16H,6-14H2,1-5H3;1H. The fourth-order valence-corrected chi connectivity index (χ4v) is 4.43. The fraction of sp³-hybridized carbons (Fsp3) is 0.696. The van der Waals surface area contributed by atoms with Gasteiger partial charge in [0.2, 0.25) is 0 Å². The smallest absolute Gasteiger partial charge is 0.164 e. The summed E-state index contributed by atoms with van der Waals surface area (Å²) >= 11 is 0. The van der Waals surface area contributed by atoms with Gasteiger partial charge in [0, 0.05) is 31.6 Å². The molecule has 2 aliphatic rings. The third-order valence-corrected chi connectivity index (χ3v) is 6.52. The Morgan fingerprint density at radius 2 is 1.59 bits per heavy atom. The van der Waals surface area contributed by atoms with Crippen molar-refractivity contribution in [2.24, 2.45) is 0 Å². The van der Waals surface area contributed by atoms with Crippen LogP contribution in [0.5, 0.6) is 0 Å². The van der Waals surface area contributed by atoms with Gasteiger partial charge < -0.3 is 4.74 Å². The van der Waals surface area contributed by atoms with Gasteiger partial charge in [0.05, 0.1) is 13.2 Å². The zero-order chi connectivity index (χ0) is 18.9. The van der Waals surface area contributed by atoms with Crippen LogP contribution in [0.1, 0.15) is 80.9 Å². The highest BCUT2D eigenvalue weighted by molar-refractivity contribution is 5.98. The van der Waals surface area contributed by atoms with Crippen molar-refractivity contribution in [2.45, 2.75) is 71.1 Å². The van der Waals surface area contributed by atoms with E-state index in [0.717, 1.165) is 44.8 Å². The fourth-order valence-electron chi connectivity index (χ4n) is 4.43. The Kier molecular flexibility index (Phi) is 7.16. The van der Waals surface area contributed by atoms with Gasteiger partial charge in [0.15, 0.2) is 5.78 Å². The summed E-state index contributed by atoms with van der Waals surface area (Å²) in [6.07, 6.45) is 3.92. The van der Waals surface area contributed by atoms with E-state index >= 15 is 0 Å². The maximum atomic E-state index is 13.1. The van der Waals surface area contributed by atoms with E-state index in [2.05, 4.69) is 51.7 Å². The predicted molar refractivity (Wildman–Crippen MR) is 115 cm³/mol. The quantitative estimate of drug-likeness (QED) is 0.664. The number of hydrogen-bond acceptors (Lipinski definition) is 3. The number of fused-ring (bicyclic) bond motifs is 1. The molecule has 0 saturated carbocycles. The molecular formula is C23H36ClNO2. The molecule has 1 aliphatic carbocycles.